The molecule has 0 bridgehead atoms. The van der Waals surface area contributed by atoms with E-state index < -0.39 is 10.0 Å². The van der Waals surface area contributed by atoms with Gasteiger partial charge in [0.25, 0.3) is 5.91 Å². The van der Waals surface area contributed by atoms with Gasteiger partial charge in [0.05, 0.1) is 4.90 Å². The lowest BCUT2D eigenvalue weighted by molar-refractivity contribution is -0.123. The molecule has 33 heavy (non-hydrogen) atoms. The summed E-state index contributed by atoms with van der Waals surface area (Å²) in [6.45, 7) is 4.24. The van der Waals surface area contributed by atoms with E-state index in [4.69, 9.17) is 4.74 Å². The number of hydrogen-bond acceptors (Lipinski definition) is 5. The average molecular weight is 474 g/mol. The van der Waals surface area contributed by atoms with Crippen molar-refractivity contribution in [3.63, 3.8) is 0 Å². The molecular weight excluding hydrogens is 442 g/mol. The average Bonchev–Trinajstić information content (AvgIpc) is 3.59. The minimum Gasteiger partial charge on any atom is -0.484 e. The largest absolute Gasteiger partial charge is 0.484 e. The highest BCUT2D eigenvalue weighted by Crippen LogP contribution is 2.18. The first-order valence-corrected chi connectivity index (χ1v) is 12.6. The Bertz CT molecular complexity index is 1080. The Morgan fingerprint density at radius 2 is 1.70 bits per heavy atom. The lowest BCUT2D eigenvalue weighted by atomic mass is 10.1. The maximum absolute atomic E-state index is 12.4. The third-order valence-electron chi connectivity index (χ3n) is 5.40. The first-order chi connectivity index (χ1) is 15.7. The van der Waals surface area contributed by atoms with Crippen LogP contribution in [0, 0.1) is 13.8 Å². The van der Waals surface area contributed by atoms with Crippen LogP contribution < -0.4 is 20.1 Å². The molecule has 3 rings (SSSR count). The predicted molar refractivity (Wildman–Crippen MR) is 126 cm³/mol. The van der Waals surface area contributed by atoms with Gasteiger partial charge in [-0.2, -0.15) is 0 Å². The quantitative estimate of drug-likeness (QED) is 0.436. The third-order valence-corrected chi connectivity index (χ3v) is 6.86. The summed E-state index contributed by atoms with van der Waals surface area (Å²) in [6.07, 6.45) is 2.77. The SMILES string of the molecule is Cc1ccc(S(=O)(=O)NCCC(=O)NCCc2ccc(OCC(=O)NC3CC3)cc2)cc1C. The van der Waals surface area contributed by atoms with Crippen LogP contribution in [0.15, 0.2) is 47.4 Å². The van der Waals surface area contributed by atoms with Crippen LogP contribution in [0.4, 0.5) is 0 Å². The zero-order valence-electron chi connectivity index (χ0n) is 19.0. The summed E-state index contributed by atoms with van der Waals surface area (Å²) >= 11 is 0. The van der Waals surface area contributed by atoms with Gasteiger partial charge in [-0.1, -0.05) is 18.2 Å². The second-order valence-electron chi connectivity index (χ2n) is 8.27. The molecule has 0 saturated heterocycles. The molecule has 1 fully saturated rings. The fourth-order valence-electron chi connectivity index (χ4n) is 3.10. The van der Waals surface area contributed by atoms with Gasteiger partial charge in [-0.3, -0.25) is 9.59 Å². The summed E-state index contributed by atoms with van der Waals surface area (Å²) in [5.74, 6) is 0.282. The van der Waals surface area contributed by atoms with E-state index in [1.54, 1.807) is 30.3 Å². The standard InChI is InChI=1S/C24H31N3O5S/c1-17-3-10-22(15-18(17)2)33(30,31)26-14-12-23(28)25-13-11-19-4-8-21(9-5-19)32-16-24(29)27-20-6-7-20/h3-5,8-10,15,20,26H,6-7,11-14,16H2,1-2H3,(H,25,28)(H,27,29). The number of aryl methyl sites for hydroxylation is 2. The Morgan fingerprint density at radius 1 is 0.970 bits per heavy atom. The topological polar surface area (TPSA) is 114 Å². The number of benzene rings is 2. The molecule has 2 aromatic carbocycles. The maximum Gasteiger partial charge on any atom is 0.258 e. The smallest absolute Gasteiger partial charge is 0.258 e. The van der Waals surface area contributed by atoms with Crippen molar-refractivity contribution in [3.05, 3.63) is 59.2 Å². The molecule has 0 aromatic heterocycles. The Morgan fingerprint density at radius 3 is 2.36 bits per heavy atom. The van der Waals surface area contributed by atoms with Crippen molar-refractivity contribution in [1.29, 1.82) is 0 Å². The van der Waals surface area contributed by atoms with Gasteiger partial charge in [-0.25, -0.2) is 13.1 Å². The van der Waals surface area contributed by atoms with Crippen LogP contribution in [0.2, 0.25) is 0 Å². The van der Waals surface area contributed by atoms with Crippen molar-refractivity contribution in [1.82, 2.24) is 15.4 Å². The molecule has 2 amide bonds. The highest BCUT2D eigenvalue weighted by molar-refractivity contribution is 7.89. The van der Waals surface area contributed by atoms with E-state index in [0.29, 0.717) is 24.8 Å². The molecule has 3 N–H and O–H groups in total. The third kappa shape index (κ3) is 8.18. The molecule has 1 saturated carbocycles. The van der Waals surface area contributed by atoms with E-state index >= 15 is 0 Å². The van der Waals surface area contributed by atoms with Gasteiger partial charge in [0.15, 0.2) is 6.61 Å². The fourth-order valence-corrected chi connectivity index (χ4v) is 4.21. The number of hydrogen-bond donors (Lipinski definition) is 3. The van der Waals surface area contributed by atoms with Crippen LogP contribution in [0.1, 0.15) is 36.0 Å². The van der Waals surface area contributed by atoms with E-state index in [1.807, 2.05) is 26.0 Å². The number of sulfonamides is 1. The highest BCUT2D eigenvalue weighted by atomic mass is 32.2. The monoisotopic (exact) mass is 473 g/mol. The minimum absolute atomic E-state index is 0.000814. The Balaban J connectivity index is 1.32. The second-order valence-corrected chi connectivity index (χ2v) is 10.0. The van der Waals surface area contributed by atoms with Crippen LogP contribution in [-0.4, -0.2) is 46.0 Å². The van der Waals surface area contributed by atoms with Gasteiger partial charge < -0.3 is 15.4 Å². The number of rotatable bonds is 12. The zero-order chi connectivity index (χ0) is 23.8. The van der Waals surface area contributed by atoms with Gasteiger partial charge in [0.2, 0.25) is 15.9 Å². The highest BCUT2D eigenvalue weighted by Gasteiger charge is 2.23. The zero-order valence-corrected chi connectivity index (χ0v) is 19.8. The predicted octanol–water partition coefficient (Wildman–Crippen LogP) is 1.99. The van der Waals surface area contributed by atoms with E-state index in [-0.39, 0.29) is 36.3 Å². The van der Waals surface area contributed by atoms with E-state index in [9.17, 15) is 18.0 Å². The van der Waals surface area contributed by atoms with E-state index in [2.05, 4.69) is 15.4 Å². The molecule has 0 aliphatic heterocycles. The second kappa shape index (κ2) is 11.3. The summed E-state index contributed by atoms with van der Waals surface area (Å²) in [4.78, 5) is 23.9. The fraction of sp³-hybridized carbons (Fsp3) is 0.417. The van der Waals surface area contributed by atoms with Crippen LogP contribution in [0.5, 0.6) is 5.75 Å². The number of carbonyl (C=O) groups is 2. The summed E-state index contributed by atoms with van der Waals surface area (Å²) in [7, 11) is -3.64. The molecule has 0 unspecified atom stereocenters. The first-order valence-electron chi connectivity index (χ1n) is 11.1. The maximum atomic E-state index is 12.4. The lowest BCUT2D eigenvalue weighted by Crippen LogP contribution is -2.31. The van der Waals surface area contributed by atoms with E-state index in [0.717, 1.165) is 29.5 Å². The van der Waals surface area contributed by atoms with Crippen molar-refractivity contribution >= 4 is 21.8 Å². The van der Waals surface area contributed by atoms with Gasteiger partial charge in [-0.15, -0.1) is 0 Å². The van der Waals surface area contributed by atoms with Gasteiger partial charge in [0, 0.05) is 25.6 Å². The number of amides is 2. The van der Waals surface area contributed by atoms with Gasteiger partial charge in [-0.05, 0) is 74.1 Å². The number of nitrogens with one attached hydrogen (secondary N) is 3. The molecule has 0 heterocycles. The van der Waals surface area contributed by atoms with Crippen LogP contribution in [0.3, 0.4) is 0 Å². The molecule has 178 valence electrons. The van der Waals surface area contributed by atoms with Crippen molar-refractivity contribution in [2.75, 3.05) is 19.7 Å². The minimum atomic E-state index is -3.64. The molecular formula is C24H31N3O5S. The van der Waals surface area contributed by atoms with Crippen molar-refractivity contribution in [3.8, 4) is 5.75 Å². The number of carbonyl (C=O) groups excluding carboxylic acids is 2. The van der Waals surface area contributed by atoms with Gasteiger partial charge in [0.1, 0.15) is 5.75 Å². The molecule has 0 spiro atoms. The van der Waals surface area contributed by atoms with E-state index in [1.165, 1.54) is 0 Å². The molecule has 0 atom stereocenters. The Hall–Kier alpha value is -2.91. The summed E-state index contributed by atoms with van der Waals surface area (Å²) in [5.41, 5.74) is 2.93. The van der Waals surface area contributed by atoms with Gasteiger partial charge >= 0.3 is 0 Å². The van der Waals surface area contributed by atoms with Crippen molar-refractivity contribution in [2.45, 2.75) is 50.5 Å². The summed E-state index contributed by atoms with van der Waals surface area (Å²) < 4.78 is 32.7. The van der Waals surface area contributed by atoms with Crippen LogP contribution in [0.25, 0.3) is 0 Å². The molecule has 8 nitrogen and oxygen atoms in total. The molecule has 1 aliphatic carbocycles. The number of ether oxygens (including phenoxy) is 1. The lowest BCUT2D eigenvalue weighted by Gasteiger charge is -2.10. The summed E-state index contributed by atoms with van der Waals surface area (Å²) in [5, 5.41) is 5.66. The van der Waals surface area contributed by atoms with Crippen LogP contribution in [-0.2, 0) is 26.0 Å². The summed E-state index contributed by atoms with van der Waals surface area (Å²) in [6, 6.07) is 12.6. The van der Waals surface area contributed by atoms with Crippen molar-refractivity contribution in [2.24, 2.45) is 0 Å². The Labute approximate surface area is 195 Å². The molecule has 1 aliphatic rings. The molecule has 9 heteroatoms. The van der Waals surface area contributed by atoms with Crippen LogP contribution >= 0.6 is 0 Å². The molecule has 2 aromatic rings. The first kappa shape index (κ1) is 24.7. The Kier molecular flexibility index (Phi) is 8.46. The molecule has 0 radical (unpaired) electrons. The normalized spacial score (nSPS) is 13.4. The van der Waals surface area contributed by atoms with Crippen molar-refractivity contribution < 1.29 is 22.7 Å².